The van der Waals surface area contributed by atoms with Gasteiger partial charge >= 0.3 is 0 Å². The van der Waals surface area contributed by atoms with Crippen molar-refractivity contribution in [3.8, 4) is 0 Å². The topological polar surface area (TPSA) is 89.4 Å². The molecule has 1 unspecified atom stereocenters. The number of hydrogen-bond donors (Lipinski definition) is 2. The number of nitrogens with two attached hydrogens (primary N) is 2. The van der Waals surface area contributed by atoms with Gasteiger partial charge in [0.1, 0.15) is 0 Å². The van der Waals surface area contributed by atoms with Crippen molar-refractivity contribution < 1.29 is 9.59 Å². The molecule has 0 aromatic carbocycles. The molecular weight excluding hydrogens is 218 g/mol. The number of hydrogen-bond acceptors (Lipinski definition) is 3. The predicted octanol–water partition coefficient (Wildman–Crippen LogP) is 0.146. The summed E-state index contributed by atoms with van der Waals surface area (Å²) in [4.78, 5) is 24.6. The normalized spacial score (nSPS) is 17.7. The van der Waals surface area contributed by atoms with Gasteiger partial charge in [-0.1, -0.05) is 18.9 Å². The summed E-state index contributed by atoms with van der Waals surface area (Å²) >= 11 is 0. The summed E-state index contributed by atoms with van der Waals surface area (Å²) in [6.07, 6.45) is 5.87. The number of carbonyl (C=O) groups is 2. The van der Waals surface area contributed by atoms with E-state index in [4.69, 9.17) is 11.5 Å². The SMILES string of the molecule is C=CCN(C(=O)C(N)CC(N)=O)C1CCCC1. The molecule has 0 aromatic rings. The minimum atomic E-state index is -0.826. The van der Waals surface area contributed by atoms with Crippen molar-refractivity contribution in [2.45, 2.75) is 44.2 Å². The van der Waals surface area contributed by atoms with Crippen molar-refractivity contribution in [3.05, 3.63) is 12.7 Å². The molecule has 0 bridgehead atoms. The number of rotatable bonds is 6. The highest BCUT2D eigenvalue weighted by atomic mass is 16.2. The minimum absolute atomic E-state index is 0.0980. The Kier molecular flexibility index (Phi) is 5.15. The van der Waals surface area contributed by atoms with E-state index in [1.54, 1.807) is 11.0 Å². The van der Waals surface area contributed by atoms with Gasteiger partial charge in [-0.05, 0) is 12.8 Å². The fourth-order valence-electron chi connectivity index (χ4n) is 2.29. The molecule has 0 saturated heterocycles. The molecule has 17 heavy (non-hydrogen) atoms. The largest absolute Gasteiger partial charge is 0.370 e. The van der Waals surface area contributed by atoms with Gasteiger partial charge in [-0.15, -0.1) is 6.58 Å². The molecule has 5 nitrogen and oxygen atoms in total. The quantitative estimate of drug-likeness (QED) is 0.646. The van der Waals surface area contributed by atoms with Gasteiger partial charge < -0.3 is 16.4 Å². The van der Waals surface area contributed by atoms with E-state index in [2.05, 4.69) is 6.58 Å². The number of nitrogens with zero attached hydrogens (tertiary/aromatic N) is 1. The lowest BCUT2D eigenvalue weighted by Crippen LogP contribution is -2.49. The average molecular weight is 239 g/mol. The zero-order valence-corrected chi connectivity index (χ0v) is 10.1. The molecule has 1 aliphatic carbocycles. The molecule has 0 aliphatic heterocycles. The Morgan fingerprint density at radius 1 is 1.41 bits per heavy atom. The average Bonchev–Trinajstić information content (AvgIpc) is 2.77. The van der Waals surface area contributed by atoms with E-state index >= 15 is 0 Å². The third kappa shape index (κ3) is 3.85. The number of amides is 2. The lowest BCUT2D eigenvalue weighted by molar-refractivity contribution is -0.136. The Bertz CT molecular complexity index is 298. The highest BCUT2D eigenvalue weighted by Gasteiger charge is 2.29. The van der Waals surface area contributed by atoms with Crippen LogP contribution in [0.5, 0.6) is 0 Å². The van der Waals surface area contributed by atoms with Crippen LogP contribution in [0.25, 0.3) is 0 Å². The van der Waals surface area contributed by atoms with Gasteiger partial charge in [0.05, 0.1) is 12.5 Å². The first-order chi connectivity index (χ1) is 8.06. The van der Waals surface area contributed by atoms with Gasteiger partial charge in [-0.25, -0.2) is 0 Å². The second-order valence-electron chi connectivity index (χ2n) is 4.49. The second-order valence-corrected chi connectivity index (χ2v) is 4.49. The summed E-state index contributed by atoms with van der Waals surface area (Å²) in [6, 6.07) is -0.590. The van der Waals surface area contributed by atoms with Crippen molar-refractivity contribution in [1.29, 1.82) is 0 Å². The van der Waals surface area contributed by atoms with Crippen LogP contribution < -0.4 is 11.5 Å². The third-order valence-corrected chi connectivity index (χ3v) is 3.11. The van der Waals surface area contributed by atoms with Crippen LogP contribution in [0.4, 0.5) is 0 Å². The van der Waals surface area contributed by atoms with Crippen molar-refractivity contribution in [2.24, 2.45) is 11.5 Å². The molecule has 1 rings (SSSR count). The summed E-state index contributed by atoms with van der Waals surface area (Å²) in [7, 11) is 0. The fraction of sp³-hybridized carbons (Fsp3) is 0.667. The summed E-state index contributed by atoms with van der Waals surface area (Å²) in [6.45, 7) is 4.13. The highest BCUT2D eigenvalue weighted by Crippen LogP contribution is 2.24. The molecule has 5 heteroatoms. The molecule has 1 saturated carbocycles. The number of primary amides is 1. The van der Waals surface area contributed by atoms with E-state index in [1.807, 2.05) is 0 Å². The zero-order valence-electron chi connectivity index (χ0n) is 10.1. The molecular formula is C12H21N3O2. The Morgan fingerprint density at radius 2 is 2.00 bits per heavy atom. The van der Waals surface area contributed by atoms with E-state index in [-0.39, 0.29) is 18.4 Å². The summed E-state index contributed by atoms with van der Waals surface area (Å²) in [5.74, 6) is -0.744. The Morgan fingerprint density at radius 3 is 2.47 bits per heavy atom. The van der Waals surface area contributed by atoms with E-state index in [0.29, 0.717) is 6.54 Å². The smallest absolute Gasteiger partial charge is 0.240 e. The van der Waals surface area contributed by atoms with Crippen molar-refractivity contribution >= 4 is 11.8 Å². The van der Waals surface area contributed by atoms with E-state index in [1.165, 1.54) is 0 Å². The molecule has 0 heterocycles. The van der Waals surface area contributed by atoms with Gasteiger partial charge in [0.15, 0.2) is 0 Å². The van der Waals surface area contributed by atoms with Crippen molar-refractivity contribution in [2.75, 3.05) is 6.54 Å². The standard InChI is InChI=1S/C12H21N3O2/c1-2-7-15(9-5-3-4-6-9)12(17)10(13)8-11(14)16/h2,9-10H,1,3-8,13H2,(H2,14,16). The van der Waals surface area contributed by atoms with Gasteiger partial charge in [-0.3, -0.25) is 9.59 Å². The van der Waals surface area contributed by atoms with Crippen LogP contribution in [0, 0.1) is 0 Å². The lowest BCUT2D eigenvalue weighted by Gasteiger charge is -2.30. The Labute approximate surface area is 102 Å². The van der Waals surface area contributed by atoms with Crippen LogP contribution in [0.2, 0.25) is 0 Å². The van der Waals surface area contributed by atoms with E-state index in [0.717, 1.165) is 25.7 Å². The molecule has 0 aromatic heterocycles. The molecule has 1 aliphatic rings. The molecule has 1 atom stereocenters. The van der Waals surface area contributed by atoms with Gasteiger partial charge in [0, 0.05) is 12.6 Å². The van der Waals surface area contributed by atoms with E-state index < -0.39 is 11.9 Å². The van der Waals surface area contributed by atoms with Crippen molar-refractivity contribution in [3.63, 3.8) is 0 Å². The van der Waals surface area contributed by atoms with Crippen LogP contribution in [0.15, 0.2) is 12.7 Å². The minimum Gasteiger partial charge on any atom is -0.370 e. The first kappa shape index (κ1) is 13.7. The second kappa shape index (κ2) is 6.39. The van der Waals surface area contributed by atoms with Crippen LogP contribution in [0.1, 0.15) is 32.1 Å². The molecule has 4 N–H and O–H groups in total. The summed E-state index contributed by atoms with van der Waals surface area (Å²) in [5.41, 5.74) is 10.7. The van der Waals surface area contributed by atoms with Gasteiger partial charge in [0.25, 0.3) is 0 Å². The van der Waals surface area contributed by atoms with Gasteiger partial charge in [-0.2, -0.15) is 0 Å². The summed E-state index contributed by atoms with van der Waals surface area (Å²) in [5, 5.41) is 0. The lowest BCUT2D eigenvalue weighted by atomic mass is 10.1. The maximum absolute atomic E-state index is 12.1. The van der Waals surface area contributed by atoms with Crippen molar-refractivity contribution in [1.82, 2.24) is 4.90 Å². The zero-order chi connectivity index (χ0) is 12.8. The Balaban J connectivity index is 2.64. The predicted molar refractivity (Wildman–Crippen MR) is 66.0 cm³/mol. The molecule has 96 valence electrons. The maximum atomic E-state index is 12.1. The van der Waals surface area contributed by atoms with Crippen LogP contribution in [-0.2, 0) is 9.59 Å². The third-order valence-electron chi connectivity index (χ3n) is 3.11. The first-order valence-electron chi connectivity index (χ1n) is 6.01. The number of carbonyl (C=O) groups excluding carboxylic acids is 2. The monoisotopic (exact) mass is 239 g/mol. The molecule has 0 radical (unpaired) electrons. The van der Waals surface area contributed by atoms with Crippen LogP contribution in [-0.4, -0.2) is 35.3 Å². The maximum Gasteiger partial charge on any atom is 0.240 e. The summed E-state index contributed by atoms with van der Waals surface area (Å²) < 4.78 is 0. The molecule has 0 spiro atoms. The van der Waals surface area contributed by atoms with Crippen LogP contribution >= 0.6 is 0 Å². The fourth-order valence-corrected chi connectivity index (χ4v) is 2.29. The first-order valence-corrected chi connectivity index (χ1v) is 6.01. The van der Waals surface area contributed by atoms with E-state index in [9.17, 15) is 9.59 Å². The highest BCUT2D eigenvalue weighted by molar-refractivity contribution is 5.87. The molecule has 2 amide bonds. The Hall–Kier alpha value is -1.36. The van der Waals surface area contributed by atoms with Gasteiger partial charge in [0.2, 0.25) is 11.8 Å². The molecule has 1 fully saturated rings. The van der Waals surface area contributed by atoms with Crippen LogP contribution in [0.3, 0.4) is 0 Å².